The highest BCUT2D eigenvalue weighted by atomic mass is 16.8. The van der Waals surface area contributed by atoms with Crippen molar-refractivity contribution < 1.29 is 81.8 Å². The van der Waals surface area contributed by atoms with Crippen LogP contribution in [0.15, 0.2) is 11.6 Å². The zero-order valence-electron chi connectivity index (χ0n) is 41.0. The predicted molar refractivity (Wildman–Crippen MR) is 234 cm³/mol. The van der Waals surface area contributed by atoms with Crippen LogP contribution in [0.2, 0.25) is 0 Å². The summed E-state index contributed by atoms with van der Waals surface area (Å²) in [7, 11) is 4.63. The molecular weight excluding hydrogens is 861 g/mol. The van der Waals surface area contributed by atoms with E-state index in [-0.39, 0.29) is 36.1 Å². The van der Waals surface area contributed by atoms with E-state index < -0.39 is 126 Å². The highest BCUT2D eigenvalue weighted by molar-refractivity contribution is 5.80. The third-order valence-electron chi connectivity index (χ3n) is 16.8. The normalized spacial score (nSPS) is 48.1. The molecular formula is C49H78O17. The lowest BCUT2D eigenvalue weighted by molar-refractivity contribution is -0.352. The lowest BCUT2D eigenvalue weighted by Gasteiger charge is -2.64. The fourth-order valence-corrected chi connectivity index (χ4v) is 13.4. The molecule has 0 aromatic rings. The second-order valence-electron chi connectivity index (χ2n) is 21.2. The fraction of sp³-hybridized carbons (Fsp3) is 0.898. The molecule has 0 amide bonds. The van der Waals surface area contributed by atoms with Gasteiger partial charge in [0.05, 0.1) is 42.2 Å². The number of hydrogen-bond acceptors (Lipinski definition) is 17. The number of aliphatic hydroxyl groups is 3. The van der Waals surface area contributed by atoms with E-state index in [1.54, 1.807) is 21.1 Å². The summed E-state index contributed by atoms with van der Waals surface area (Å²) in [6, 6.07) is 0. The van der Waals surface area contributed by atoms with E-state index in [1.807, 2.05) is 34.6 Å². The van der Waals surface area contributed by atoms with Crippen molar-refractivity contribution in [1.82, 2.24) is 0 Å². The van der Waals surface area contributed by atoms with Crippen LogP contribution in [0.4, 0.5) is 0 Å². The average Bonchev–Trinajstić information content (AvgIpc) is 3.53. The van der Waals surface area contributed by atoms with Crippen molar-refractivity contribution in [3.63, 3.8) is 0 Å². The standard InChI is InChI=1S/C49H78O17/c1-23(2)19-35(52)64-45-43(62-28(7)51)38-32(49(55)18-16-31(24(3)50)48(45,49)9)14-13-29-20-30(15-17-47(29,38)8)63-36-21-33(56-10)41(26(5)59-36)65-37-22-34(57-11)42(27(6)60-37)66-46-40(54)44(58-12)39(53)25(4)61-46/h13,23,25-27,30-34,36-46,53-55H,14-22H2,1-12H3. The third-order valence-corrected chi connectivity index (χ3v) is 16.8. The SMILES string of the molecule is COC1CC(OC2CCC3(C)C(=CCC4C3C(OC(C)=O)C(OC(=O)CC(C)C)C3(C)C(C(C)=O)CCC43O)C2)OC(C)C1OC1CC(OC)C(OC2OC(C)C(O)C(OC)C2O)C(C)O1. The molecule has 3 heterocycles. The number of allylic oxidation sites excluding steroid dienone is 1. The van der Waals surface area contributed by atoms with Gasteiger partial charge in [0, 0.05) is 64.8 Å². The van der Waals surface area contributed by atoms with Gasteiger partial charge >= 0.3 is 11.9 Å². The monoisotopic (exact) mass is 939 g/mol. The minimum Gasteiger partial charge on any atom is -0.458 e. The first kappa shape index (κ1) is 51.7. The van der Waals surface area contributed by atoms with Gasteiger partial charge in [-0.05, 0) is 83.5 Å². The highest BCUT2D eigenvalue weighted by Gasteiger charge is 2.75. The summed E-state index contributed by atoms with van der Waals surface area (Å²) in [4.78, 5) is 39.8. The van der Waals surface area contributed by atoms with E-state index in [1.165, 1.54) is 21.0 Å². The van der Waals surface area contributed by atoms with Crippen LogP contribution in [0.25, 0.3) is 0 Å². The topological polar surface area (TPSA) is 213 Å². The first-order valence-corrected chi connectivity index (χ1v) is 24.3. The first-order valence-electron chi connectivity index (χ1n) is 24.3. The molecule has 3 saturated heterocycles. The Balaban J connectivity index is 1.02. The van der Waals surface area contributed by atoms with Gasteiger partial charge in [-0.3, -0.25) is 14.4 Å². The van der Waals surface area contributed by atoms with Crippen molar-refractivity contribution in [3.8, 4) is 0 Å². The van der Waals surface area contributed by atoms with E-state index in [2.05, 4.69) is 13.0 Å². The number of rotatable bonds is 14. The zero-order valence-corrected chi connectivity index (χ0v) is 41.0. The maximum absolute atomic E-state index is 13.5. The molecule has 4 aliphatic carbocycles. The van der Waals surface area contributed by atoms with Crippen molar-refractivity contribution >= 4 is 17.7 Å². The summed E-state index contributed by atoms with van der Waals surface area (Å²) in [6.45, 7) is 16.2. The van der Waals surface area contributed by atoms with E-state index in [0.717, 1.165) is 5.57 Å². The van der Waals surface area contributed by atoms with Gasteiger partial charge in [0.25, 0.3) is 0 Å². The van der Waals surface area contributed by atoms with E-state index in [4.69, 9.17) is 52.1 Å². The predicted octanol–water partition coefficient (Wildman–Crippen LogP) is 4.32. The summed E-state index contributed by atoms with van der Waals surface area (Å²) in [5.41, 5.74) is -1.91. The molecule has 3 saturated carbocycles. The minimum atomic E-state index is -1.35. The van der Waals surface area contributed by atoms with E-state index >= 15 is 0 Å². The molecule has 22 atom stereocenters. The molecule has 3 aliphatic heterocycles. The van der Waals surface area contributed by atoms with Gasteiger partial charge in [0.15, 0.2) is 18.9 Å². The van der Waals surface area contributed by atoms with Gasteiger partial charge in [0.2, 0.25) is 0 Å². The first-order chi connectivity index (χ1) is 31.1. The lowest BCUT2D eigenvalue weighted by atomic mass is 9.44. The fourth-order valence-electron chi connectivity index (χ4n) is 13.4. The van der Waals surface area contributed by atoms with Crippen LogP contribution < -0.4 is 0 Å². The molecule has 22 unspecified atom stereocenters. The third kappa shape index (κ3) is 9.44. The Labute approximate surface area is 390 Å². The van der Waals surface area contributed by atoms with Crippen molar-refractivity contribution in [1.29, 1.82) is 0 Å². The van der Waals surface area contributed by atoms with E-state index in [9.17, 15) is 29.7 Å². The number of aliphatic hydroxyl groups excluding tert-OH is 2. The maximum atomic E-state index is 13.5. The van der Waals surface area contributed by atoms with Crippen LogP contribution in [0, 0.1) is 34.5 Å². The minimum absolute atomic E-state index is 0.0185. The smallest absolute Gasteiger partial charge is 0.306 e. The molecule has 0 aromatic carbocycles. The van der Waals surface area contributed by atoms with Crippen LogP contribution in [0.3, 0.4) is 0 Å². The Hall–Kier alpha value is -2.13. The van der Waals surface area contributed by atoms with Gasteiger partial charge in [0.1, 0.15) is 48.5 Å². The molecule has 6 fully saturated rings. The van der Waals surface area contributed by atoms with Crippen LogP contribution in [-0.4, -0.2) is 158 Å². The van der Waals surface area contributed by atoms with Crippen molar-refractivity contribution in [2.45, 2.75) is 224 Å². The molecule has 17 nitrogen and oxygen atoms in total. The van der Waals surface area contributed by atoms with E-state index in [0.29, 0.717) is 51.4 Å². The van der Waals surface area contributed by atoms with Gasteiger partial charge in [-0.2, -0.15) is 0 Å². The molecule has 376 valence electrons. The number of ketones is 1. The second-order valence-corrected chi connectivity index (χ2v) is 21.2. The Morgan fingerprint density at radius 3 is 1.97 bits per heavy atom. The van der Waals surface area contributed by atoms with Crippen molar-refractivity contribution in [3.05, 3.63) is 11.6 Å². The van der Waals surface area contributed by atoms with Crippen LogP contribution in [-0.2, 0) is 66.5 Å². The van der Waals surface area contributed by atoms with Gasteiger partial charge in [-0.1, -0.05) is 39.3 Å². The van der Waals surface area contributed by atoms with Crippen LogP contribution in [0.1, 0.15) is 120 Å². The summed E-state index contributed by atoms with van der Waals surface area (Å²) >= 11 is 0. The number of hydrogen-bond donors (Lipinski definition) is 3. The summed E-state index contributed by atoms with van der Waals surface area (Å²) in [6.07, 6.45) is -4.93. The quantitative estimate of drug-likeness (QED) is 0.163. The second kappa shape index (κ2) is 20.3. The number of carbonyl (C=O) groups excluding carboxylic acids is 3. The van der Waals surface area contributed by atoms with Gasteiger partial charge in [-0.15, -0.1) is 0 Å². The highest BCUT2D eigenvalue weighted by Crippen LogP contribution is 2.69. The van der Waals surface area contributed by atoms with Gasteiger partial charge in [-0.25, -0.2) is 0 Å². The summed E-state index contributed by atoms with van der Waals surface area (Å²) in [5.74, 6) is -2.31. The maximum Gasteiger partial charge on any atom is 0.306 e. The number of fused-ring (bicyclic) bond motifs is 5. The van der Waals surface area contributed by atoms with Crippen molar-refractivity contribution in [2.75, 3.05) is 21.3 Å². The molecule has 7 rings (SSSR count). The number of Topliss-reactive ketones (excluding diaryl/α,β-unsaturated/α-hetero) is 1. The molecule has 7 aliphatic rings. The Bertz CT molecular complexity index is 1760. The Kier molecular flexibility index (Phi) is 15.9. The molecule has 0 spiro atoms. The van der Waals surface area contributed by atoms with Gasteiger partial charge < -0.3 is 67.4 Å². The number of ether oxygens (including phenoxy) is 11. The summed E-state index contributed by atoms with van der Waals surface area (Å²) < 4.78 is 68.2. The molecule has 0 radical (unpaired) electrons. The number of esters is 2. The summed E-state index contributed by atoms with van der Waals surface area (Å²) in [5, 5.41) is 34.4. The number of carbonyl (C=O) groups is 3. The molecule has 17 heteroatoms. The molecule has 3 N–H and O–H groups in total. The zero-order chi connectivity index (χ0) is 48.2. The van der Waals surface area contributed by atoms with Crippen molar-refractivity contribution in [2.24, 2.45) is 34.5 Å². The van der Waals surface area contributed by atoms with Crippen LogP contribution in [0.5, 0.6) is 0 Å². The molecule has 66 heavy (non-hydrogen) atoms. The molecule has 0 bridgehead atoms. The average molecular weight is 939 g/mol. The van der Waals surface area contributed by atoms with Crippen LogP contribution >= 0.6 is 0 Å². The largest absolute Gasteiger partial charge is 0.458 e. The Morgan fingerprint density at radius 2 is 1.39 bits per heavy atom. The number of methoxy groups -OCH3 is 3. The Morgan fingerprint density at radius 1 is 0.773 bits per heavy atom. The molecule has 0 aromatic heterocycles. The lowest BCUT2D eigenvalue weighted by Crippen LogP contribution is -2.72.